The zero-order valence-electron chi connectivity index (χ0n) is 15.3. The Morgan fingerprint density at radius 2 is 1.92 bits per heavy atom. The van der Waals surface area contributed by atoms with Crippen LogP contribution < -0.4 is 9.47 Å². The predicted octanol–water partition coefficient (Wildman–Crippen LogP) is 1.53. The van der Waals surface area contributed by atoms with Crippen LogP contribution in [0.15, 0.2) is 18.2 Å². The first-order chi connectivity index (χ1) is 12.6. The third-order valence-electron chi connectivity index (χ3n) is 4.70. The summed E-state index contributed by atoms with van der Waals surface area (Å²) in [5.74, 6) is 1.55. The van der Waals surface area contributed by atoms with Crippen molar-refractivity contribution < 1.29 is 23.8 Å². The fourth-order valence-electron chi connectivity index (χ4n) is 3.29. The van der Waals surface area contributed by atoms with Gasteiger partial charge in [-0.3, -0.25) is 9.59 Å². The number of carbonyl (C=O) groups is 2. The second kappa shape index (κ2) is 8.18. The van der Waals surface area contributed by atoms with E-state index >= 15 is 0 Å². The molecule has 2 aliphatic heterocycles. The summed E-state index contributed by atoms with van der Waals surface area (Å²) in [7, 11) is 3.16. The van der Waals surface area contributed by atoms with E-state index in [-0.39, 0.29) is 17.2 Å². The highest BCUT2D eigenvalue weighted by atomic mass is 32.2. The summed E-state index contributed by atoms with van der Waals surface area (Å²) in [6.45, 7) is 4.02. The fraction of sp³-hybridized carbons (Fsp3) is 0.556. The molecule has 0 radical (unpaired) electrons. The minimum absolute atomic E-state index is 0.0242. The molecule has 1 aromatic carbocycles. The lowest BCUT2D eigenvalue weighted by atomic mass is 10.1. The molecule has 0 saturated carbocycles. The molecular formula is C18H24N2O5S. The summed E-state index contributed by atoms with van der Waals surface area (Å²) >= 11 is 1.52. The summed E-state index contributed by atoms with van der Waals surface area (Å²) in [6, 6.07) is 5.09. The van der Waals surface area contributed by atoms with Crippen LogP contribution in [0.2, 0.25) is 0 Å². The van der Waals surface area contributed by atoms with E-state index in [2.05, 4.69) is 0 Å². The maximum absolute atomic E-state index is 12.9. The van der Waals surface area contributed by atoms with Crippen molar-refractivity contribution >= 4 is 23.6 Å². The lowest BCUT2D eigenvalue weighted by molar-refractivity contribution is -0.146. The molecular weight excluding hydrogens is 356 g/mol. The average Bonchev–Trinajstić information content (AvgIpc) is 3.08. The molecule has 0 aromatic heterocycles. The van der Waals surface area contributed by atoms with Crippen molar-refractivity contribution in [3.63, 3.8) is 0 Å². The van der Waals surface area contributed by atoms with Gasteiger partial charge in [0.15, 0.2) is 11.5 Å². The summed E-state index contributed by atoms with van der Waals surface area (Å²) in [6.07, 6.45) is 0. The van der Waals surface area contributed by atoms with Gasteiger partial charge in [0.2, 0.25) is 11.8 Å². The molecule has 26 heavy (non-hydrogen) atoms. The standard InChI is InChI=1S/C18H24N2O5S/c1-12(17(22)19-6-8-25-9-7-19)20-16(21)11-26-18(20)13-4-5-14(23-2)15(10-13)24-3/h4-5,10,12,18H,6-9,11H2,1-3H3/t12-,18-/m0/s1. The predicted molar refractivity (Wildman–Crippen MR) is 98.5 cm³/mol. The van der Waals surface area contributed by atoms with Gasteiger partial charge in [-0.1, -0.05) is 6.07 Å². The molecule has 0 unspecified atom stereocenters. The monoisotopic (exact) mass is 380 g/mol. The van der Waals surface area contributed by atoms with Crippen molar-refractivity contribution in [2.24, 2.45) is 0 Å². The molecule has 0 N–H and O–H groups in total. The Bertz CT molecular complexity index is 678. The highest BCUT2D eigenvalue weighted by Gasteiger charge is 2.40. The Morgan fingerprint density at radius 1 is 1.23 bits per heavy atom. The van der Waals surface area contributed by atoms with Crippen LogP contribution in [0.25, 0.3) is 0 Å². The Morgan fingerprint density at radius 3 is 2.58 bits per heavy atom. The Balaban J connectivity index is 1.83. The minimum Gasteiger partial charge on any atom is -0.493 e. The fourth-order valence-corrected chi connectivity index (χ4v) is 4.53. The smallest absolute Gasteiger partial charge is 0.245 e. The van der Waals surface area contributed by atoms with E-state index < -0.39 is 6.04 Å². The first-order valence-corrected chi connectivity index (χ1v) is 9.63. The number of morpholine rings is 1. The molecule has 8 heteroatoms. The highest BCUT2D eigenvalue weighted by molar-refractivity contribution is 8.00. The van der Waals surface area contributed by atoms with E-state index in [0.717, 1.165) is 5.56 Å². The zero-order chi connectivity index (χ0) is 18.7. The first-order valence-electron chi connectivity index (χ1n) is 8.58. The molecule has 142 valence electrons. The van der Waals surface area contributed by atoms with Gasteiger partial charge in [0.25, 0.3) is 0 Å². The normalized spacial score (nSPS) is 21.7. The maximum Gasteiger partial charge on any atom is 0.245 e. The Kier molecular flexibility index (Phi) is 5.93. The number of carbonyl (C=O) groups excluding carboxylic acids is 2. The number of hydrogen-bond donors (Lipinski definition) is 0. The largest absolute Gasteiger partial charge is 0.493 e. The maximum atomic E-state index is 12.9. The summed E-state index contributed by atoms with van der Waals surface area (Å²) in [5.41, 5.74) is 0.917. The molecule has 2 fully saturated rings. The lowest BCUT2D eigenvalue weighted by Crippen LogP contribution is -2.51. The van der Waals surface area contributed by atoms with Crippen LogP contribution in [0.4, 0.5) is 0 Å². The molecule has 2 amide bonds. The van der Waals surface area contributed by atoms with Crippen molar-refractivity contribution in [1.82, 2.24) is 9.80 Å². The number of hydrogen-bond acceptors (Lipinski definition) is 6. The van der Waals surface area contributed by atoms with E-state index in [0.29, 0.717) is 43.6 Å². The minimum atomic E-state index is -0.520. The number of thioether (sulfide) groups is 1. The van der Waals surface area contributed by atoms with E-state index in [9.17, 15) is 9.59 Å². The highest BCUT2D eigenvalue weighted by Crippen LogP contribution is 2.42. The number of ether oxygens (including phenoxy) is 3. The third kappa shape index (κ3) is 3.61. The summed E-state index contributed by atoms with van der Waals surface area (Å²) < 4.78 is 16.0. The van der Waals surface area contributed by atoms with Crippen LogP contribution in [-0.4, -0.2) is 73.9 Å². The van der Waals surface area contributed by atoms with Gasteiger partial charge in [-0.2, -0.15) is 0 Å². The topological polar surface area (TPSA) is 68.3 Å². The van der Waals surface area contributed by atoms with Crippen LogP contribution in [0.1, 0.15) is 17.9 Å². The summed E-state index contributed by atoms with van der Waals surface area (Å²) in [4.78, 5) is 28.8. The van der Waals surface area contributed by atoms with E-state index in [1.165, 1.54) is 11.8 Å². The van der Waals surface area contributed by atoms with Crippen molar-refractivity contribution in [3.05, 3.63) is 23.8 Å². The number of nitrogens with zero attached hydrogens (tertiary/aromatic N) is 2. The molecule has 3 rings (SSSR count). The van der Waals surface area contributed by atoms with Crippen LogP contribution in [0, 0.1) is 0 Å². The van der Waals surface area contributed by atoms with Gasteiger partial charge < -0.3 is 24.0 Å². The van der Waals surface area contributed by atoms with E-state index in [1.54, 1.807) is 30.9 Å². The Labute approximate surface area is 157 Å². The van der Waals surface area contributed by atoms with Crippen molar-refractivity contribution in [1.29, 1.82) is 0 Å². The van der Waals surface area contributed by atoms with Crippen molar-refractivity contribution in [2.75, 3.05) is 46.3 Å². The van der Waals surface area contributed by atoms with E-state index in [1.807, 2.05) is 18.2 Å². The van der Waals surface area contributed by atoms with Crippen LogP contribution in [0.3, 0.4) is 0 Å². The van der Waals surface area contributed by atoms with Gasteiger partial charge in [-0.15, -0.1) is 11.8 Å². The molecule has 2 saturated heterocycles. The van der Waals surface area contributed by atoms with Gasteiger partial charge in [-0.05, 0) is 24.6 Å². The molecule has 7 nitrogen and oxygen atoms in total. The second-order valence-electron chi connectivity index (χ2n) is 6.19. The van der Waals surface area contributed by atoms with Gasteiger partial charge in [-0.25, -0.2) is 0 Å². The quantitative estimate of drug-likeness (QED) is 0.772. The summed E-state index contributed by atoms with van der Waals surface area (Å²) in [5, 5.41) is -0.220. The van der Waals surface area contributed by atoms with Crippen LogP contribution in [-0.2, 0) is 14.3 Å². The SMILES string of the molecule is COc1ccc([C@@H]2SCC(=O)N2[C@@H](C)C(=O)N2CCOCC2)cc1OC. The zero-order valence-corrected chi connectivity index (χ0v) is 16.1. The van der Waals surface area contributed by atoms with Gasteiger partial charge >= 0.3 is 0 Å². The third-order valence-corrected chi connectivity index (χ3v) is 5.92. The number of rotatable bonds is 5. The molecule has 0 bridgehead atoms. The van der Waals surface area contributed by atoms with E-state index in [4.69, 9.17) is 14.2 Å². The average molecular weight is 380 g/mol. The van der Waals surface area contributed by atoms with Gasteiger partial charge in [0.05, 0.1) is 33.2 Å². The molecule has 2 aliphatic rings. The van der Waals surface area contributed by atoms with Crippen molar-refractivity contribution in [3.8, 4) is 11.5 Å². The first kappa shape index (κ1) is 18.8. The molecule has 0 aliphatic carbocycles. The van der Waals surface area contributed by atoms with Crippen LogP contribution in [0.5, 0.6) is 11.5 Å². The van der Waals surface area contributed by atoms with Crippen LogP contribution >= 0.6 is 11.8 Å². The number of benzene rings is 1. The van der Waals surface area contributed by atoms with Gasteiger partial charge in [0, 0.05) is 13.1 Å². The number of methoxy groups -OCH3 is 2. The molecule has 1 aromatic rings. The molecule has 2 atom stereocenters. The second-order valence-corrected chi connectivity index (χ2v) is 7.26. The molecule has 0 spiro atoms. The van der Waals surface area contributed by atoms with Crippen molar-refractivity contribution in [2.45, 2.75) is 18.3 Å². The number of amides is 2. The molecule has 2 heterocycles. The lowest BCUT2D eigenvalue weighted by Gasteiger charge is -2.35. The Hall–Kier alpha value is -1.93. The van der Waals surface area contributed by atoms with Gasteiger partial charge in [0.1, 0.15) is 11.4 Å².